The quantitative estimate of drug-likeness (QED) is 0.633. The van der Waals surface area contributed by atoms with Gasteiger partial charge >= 0.3 is 0 Å². The van der Waals surface area contributed by atoms with Crippen LogP contribution in [-0.2, 0) is 0 Å². The Labute approximate surface area is 95.8 Å². The second-order valence-electron chi connectivity index (χ2n) is 6.58. The molecule has 0 radical (unpaired) electrons. The summed E-state index contributed by atoms with van der Waals surface area (Å²) in [6.07, 6.45) is 4.40. The molecule has 0 aromatic rings. The lowest BCUT2D eigenvalue weighted by Gasteiger charge is -2.42. The maximum Gasteiger partial charge on any atom is -0.0329 e. The van der Waals surface area contributed by atoms with Gasteiger partial charge in [0.25, 0.3) is 0 Å². The molecule has 0 spiro atoms. The summed E-state index contributed by atoms with van der Waals surface area (Å²) in [6.45, 7) is 12.2. The lowest BCUT2D eigenvalue weighted by molar-refractivity contribution is 0.0722. The molecule has 0 aromatic carbocycles. The van der Waals surface area contributed by atoms with Crippen molar-refractivity contribution in [3.05, 3.63) is 0 Å². The van der Waals surface area contributed by atoms with Gasteiger partial charge in [-0.25, -0.2) is 0 Å². The van der Waals surface area contributed by atoms with E-state index in [-0.39, 0.29) is 0 Å². The van der Waals surface area contributed by atoms with Gasteiger partial charge in [0.05, 0.1) is 0 Å². The molecule has 0 bridgehead atoms. The van der Waals surface area contributed by atoms with E-state index in [0.717, 1.165) is 41.4 Å². The minimum atomic E-state index is 0.986. The summed E-state index contributed by atoms with van der Waals surface area (Å²) in [5.41, 5.74) is 0. The first-order valence-electron chi connectivity index (χ1n) is 7.06. The van der Waals surface area contributed by atoms with Crippen LogP contribution in [0.15, 0.2) is 0 Å². The summed E-state index contributed by atoms with van der Waals surface area (Å²) in [5, 5.41) is 0. The van der Waals surface area contributed by atoms with Crippen LogP contribution in [0.2, 0.25) is 0 Å². The van der Waals surface area contributed by atoms with Crippen LogP contribution in [0, 0.1) is 41.4 Å². The standard InChI is InChI=1S/C15H28/c1-6-13-12(5)15(13)11(4)8-14-9(2)7-10(14)3/h9-15H,6-8H2,1-5H3. The zero-order valence-corrected chi connectivity index (χ0v) is 11.2. The third kappa shape index (κ3) is 1.97. The van der Waals surface area contributed by atoms with Gasteiger partial charge in [0, 0.05) is 0 Å². The first-order chi connectivity index (χ1) is 7.06. The summed E-state index contributed by atoms with van der Waals surface area (Å²) >= 11 is 0. The lowest BCUT2D eigenvalue weighted by atomic mass is 9.63. The third-order valence-electron chi connectivity index (χ3n) is 5.61. The highest BCUT2D eigenvalue weighted by Gasteiger charge is 2.49. The summed E-state index contributed by atoms with van der Waals surface area (Å²) < 4.78 is 0. The van der Waals surface area contributed by atoms with E-state index in [1.54, 1.807) is 0 Å². The molecular formula is C15H28. The maximum absolute atomic E-state index is 2.51. The second kappa shape index (κ2) is 4.11. The van der Waals surface area contributed by atoms with Crippen LogP contribution in [0.3, 0.4) is 0 Å². The summed E-state index contributed by atoms with van der Waals surface area (Å²) in [7, 11) is 0. The number of hydrogen-bond donors (Lipinski definition) is 0. The van der Waals surface area contributed by atoms with Crippen molar-refractivity contribution < 1.29 is 0 Å². The van der Waals surface area contributed by atoms with Gasteiger partial charge in [-0.2, -0.15) is 0 Å². The van der Waals surface area contributed by atoms with Gasteiger partial charge in [0.15, 0.2) is 0 Å². The zero-order valence-electron chi connectivity index (χ0n) is 11.2. The topological polar surface area (TPSA) is 0 Å². The van der Waals surface area contributed by atoms with Crippen LogP contribution in [0.25, 0.3) is 0 Å². The molecule has 0 saturated heterocycles. The molecule has 2 aliphatic rings. The molecule has 0 N–H and O–H groups in total. The number of hydrogen-bond acceptors (Lipinski definition) is 0. The molecule has 0 aromatic heterocycles. The van der Waals surface area contributed by atoms with E-state index < -0.39 is 0 Å². The van der Waals surface area contributed by atoms with E-state index in [1.165, 1.54) is 19.3 Å². The predicted molar refractivity (Wildman–Crippen MR) is 66.7 cm³/mol. The van der Waals surface area contributed by atoms with Gasteiger partial charge in [-0.1, -0.05) is 41.0 Å². The summed E-state index contributed by atoms with van der Waals surface area (Å²) in [4.78, 5) is 0. The van der Waals surface area contributed by atoms with Gasteiger partial charge in [-0.05, 0) is 54.3 Å². The predicted octanol–water partition coefficient (Wildman–Crippen LogP) is 4.60. The van der Waals surface area contributed by atoms with Crippen molar-refractivity contribution >= 4 is 0 Å². The monoisotopic (exact) mass is 208 g/mol. The van der Waals surface area contributed by atoms with Crippen LogP contribution in [0.4, 0.5) is 0 Å². The summed E-state index contributed by atoms with van der Waals surface area (Å²) in [6, 6.07) is 0. The molecule has 0 heterocycles. The fourth-order valence-electron chi connectivity index (χ4n) is 4.52. The first-order valence-corrected chi connectivity index (χ1v) is 7.06. The molecule has 2 rings (SSSR count). The third-order valence-corrected chi connectivity index (χ3v) is 5.61. The zero-order chi connectivity index (χ0) is 11.2. The summed E-state index contributed by atoms with van der Waals surface area (Å²) in [5.74, 6) is 7.20. The molecule has 6 atom stereocenters. The average Bonchev–Trinajstić information content (AvgIpc) is 2.85. The van der Waals surface area contributed by atoms with Crippen LogP contribution in [-0.4, -0.2) is 0 Å². The molecule has 0 nitrogen and oxygen atoms in total. The Morgan fingerprint density at radius 1 is 1.07 bits per heavy atom. The average molecular weight is 208 g/mol. The molecule has 2 saturated carbocycles. The largest absolute Gasteiger partial charge is 0.0651 e. The number of rotatable bonds is 4. The van der Waals surface area contributed by atoms with Crippen molar-refractivity contribution in [3.63, 3.8) is 0 Å². The molecule has 2 aliphatic carbocycles. The molecule has 15 heavy (non-hydrogen) atoms. The molecule has 0 aliphatic heterocycles. The van der Waals surface area contributed by atoms with E-state index in [0.29, 0.717) is 0 Å². The second-order valence-corrected chi connectivity index (χ2v) is 6.58. The smallest absolute Gasteiger partial charge is 0.0329 e. The van der Waals surface area contributed by atoms with E-state index in [1.807, 2.05) is 0 Å². The molecule has 0 amide bonds. The van der Waals surface area contributed by atoms with Gasteiger partial charge in [-0.3, -0.25) is 0 Å². The van der Waals surface area contributed by atoms with Crippen LogP contribution >= 0.6 is 0 Å². The highest BCUT2D eigenvalue weighted by molar-refractivity contribution is 4.97. The Morgan fingerprint density at radius 3 is 2.07 bits per heavy atom. The van der Waals surface area contributed by atoms with Crippen molar-refractivity contribution in [1.29, 1.82) is 0 Å². The van der Waals surface area contributed by atoms with Crippen molar-refractivity contribution in [2.24, 2.45) is 41.4 Å². The van der Waals surface area contributed by atoms with Crippen LogP contribution in [0.5, 0.6) is 0 Å². The molecule has 2 fully saturated rings. The fraction of sp³-hybridized carbons (Fsp3) is 1.00. The van der Waals surface area contributed by atoms with Gasteiger partial charge in [0.1, 0.15) is 0 Å². The fourth-order valence-corrected chi connectivity index (χ4v) is 4.52. The molecule has 0 heteroatoms. The van der Waals surface area contributed by atoms with Crippen molar-refractivity contribution in [1.82, 2.24) is 0 Å². The van der Waals surface area contributed by atoms with E-state index in [4.69, 9.17) is 0 Å². The maximum atomic E-state index is 2.51. The Balaban J connectivity index is 1.80. The van der Waals surface area contributed by atoms with Crippen LogP contribution in [0.1, 0.15) is 53.9 Å². The van der Waals surface area contributed by atoms with Gasteiger partial charge < -0.3 is 0 Å². The Kier molecular flexibility index (Phi) is 3.14. The van der Waals surface area contributed by atoms with Crippen molar-refractivity contribution in [2.75, 3.05) is 0 Å². The van der Waals surface area contributed by atoms with Gasteiger partial charge in [-0.15, -0.1) is 0 Å². The molecule has 6 unspecified atom stereocenters. The highest BCUT2D eigenvalue weighted by Crippen LogP contribution is 2.55. The van der Waals surface area contributed by atoms with Crippen molar-refractivity contribution in [2.45, 2.75) is 53.9 Å². The van der Waals surface area contributed by atoms with Crippen molar-refractivity contribution in [3.8, 4) is 0 Å². The first kappa shape index (κ1) is 11.5. The van der Waals surface area contributed by atoms with Gasteiger partial charge in [0.2, 0.25) is 0 Å². The lowest BCUT2D eigenvalue weighted by Crippen LogP contribution is -2.34. The minimum absolute atomic E-state index is 0.986. The minimum Gasteiger partial charge on any atom is -0.0651 e. The van der Waals surface area contributed by atoms with E-state index in [9.17, 15) is 0 Å². The Morgan fingerprint density at radius 2 is 1.67 bits per heavy atom. The normalized spacial score (nSPS) is 51.0. The van der Waals surface area contributed by atoms with E-state index >= 15 is 0 Å². The Bertz CT molecular complexity index is 212. The SMILES string of the molecule is CCC1C(C)C1C(C)CC1C(C)CC1C. The Hall–Kier alpha value is 0. The molecular weight excluding hydrogens is 180 g/mol. The highest BCUT2D eigenvalue weighted by atomic mass is 14.5. The molecule has 88 valence electrons. The van der Waals surface area contributed by atoms with Crippen LogP contribution < -0.4 is 0 Å². The van der Waals surface area contributed by atoms with E-state index in [2.05, 4.69) is 34.6 Å².